The number of nitrogens with zero attached hydrogens (tertiary/aromatic N) is 2. The Kier molecular flexibility index (Phi) is 7.47. The molecule has 0 aliphatic heterocycles. The maximum Gasteiger partial charge on any atom is 0.256 e. The Bertz CT molecular complexity index is 1350. The van der Waals surface area contributed by atoms with E-state index in [0.29, 0.717) is 33.8 Å². The number of hydrogen-bond donors (Lipinski definition) is 1. The normalized spacial score (nSPS) is 10.9. The second-order valence-corrected chi connectivity index (χ2v) is 9.22. The number of benzene rings is 3. The second-order valence-electron chi connectivity index (χ2n) is 7.97. The van der Waals surface area contributed by atoms with Crippen molar-refractivity contribution in [1.29, 1.82) is 0 Å². The summed E-state index contributed by atoms with van der Waals surface area (Å²) in [6.07, 6.45) is 1.64. The van der Waals surface area contributed by atoms with Crippen LogP contribution in [0.15, 0.2) is 66.9 Å². The van der Waals surface area contributed by atoms with Gasteiger partial charge in [0.1, 0.15) is 17.4 Å². The van der Waals surface area contributed by atoms with Crippen LogP contribution in [0.3, 0.4) is 0 Å². The SMILES string of the molecule is Cc1ccc(C)c(OCc2cccc(C(=O)Nc3nn(Cc4ccc(Cl)cc4Cl)cc3Cl)c2)c1. The fourth-order valence-corrected chi connectivity index (χ4v) is 4.06. The lowest BCUT2D eigenvalue weighted by Crippen LogP contribution is -2.13. The van der Waals surface area contributed by atoms with E-state index in [1.54, 1.807) is 35.1 Å². The van der Waals surface area contributed by atoms with Gasteiger partial charge >= 0.3 is 0 Å². The van der Waals surface area contributed by atoms with Crippen molar-refractivity contribution in [1.82, 2.24) is 9.78 Å². The van der Waals surface area contributed by atoms with E-state index in [1.807, 2.05) is 50.2 Å². The van der Waals surface area contributed by atoms with Gasteiger partial charge in [0.05, 0.1) is 6.54 Å². The van der Waals surface area contributed by atoms with Crippen LogP contribution < -0.4 is 10.1 Å². The van der Waals surface area contributed by atoms with Gasteiger partial charge < -0.3 is 10.1 Å². The van der Waals surface area contributed by atoms with Crippen LogP contribution in [0.25, 0.3) is 0 Å². The molecule has 0 fully saturated rings. The Morgan fingerprint density at radius 2 is 1.82 bits per heavy atom. The zero-order chi connectivity index (χ0) is 24.2. The van der Waals surface area contributed by atoms with Gasteiger partial charge in [0.2, 0.25) is 0 Å². The molecule has 1 aromatic heterocycles. The molecule has 0 unspecified atom stereocenters. The Labute approximate surface area is 213 Å². The third kappa shape index (κ3) is 5.92. The molecule has 4 aromatic rings. The van der Waals surface area contributed by atoms with E-state index in [9.17, 15) is 4.79 Å². The fraction of sp³-hybridized carbons (Fsp3) is 0.154. The van der Waals surface area contributed by atoms with Crippen molar-refractivity contribution in [3.05, 3.63) is 110 Å². The molecule has 174 valence electrons. The molecule has 5 nitrogen and oxygen atoms in total. The molecule has 1 amide bonds. The third-order valence-corrected chi connectivity index (χ3v) is 6.09. The van der Waals surface area contributed by atoms with E-state index >= 15 is 0 Å². The molecule has 0 radical (unpaired) electrons. The van der Waals surface area contributed by atoms with Crippen molar-refractivity contribution in [2.24, 2.45) is 0 Å². The van der Waals surface area contributed by atoms with Crippen molar-refractivity contribution in [2.45, 2.75) is 27.0 Å². The first kappa shape index (κ1) is 24.1. The molecule has 1 heterocycles. The molecule has 0 atom stereocenters. The largest absolute Gasteiger partial charge is 0.489 e. The summed E-state index contributed by atoms with van der Waals surface area (Å²) in [4.78, 5) is 12.9. The highest BCUT2D eigenvalue weighted by Crippen LogP contribution is 2.25. The number of hydrogen-bond acceptors (Lipinski definition) is 3. The Hall–Kier alpha value is -2.99. The van der Waals surface area contributed by atoms with E-state index in [4.69, 9.17) is 39.5 Å². The number of carbonyl (C=O) groups excluding carboxylic acids is 1. The van der Waals surface area contributed by atoms with Gasteiger partial charge in [-0.2, -0.15) is 5.10 Å². The molecule has 8 heteroatoms. The topological polar surface area (TPSA) is 56.1 Å². The highest BCUT2D eigenvalue weighted by atomic mass is 35.5. The molecule has 0 bridgehead atoms. The monoisotopic (exact) mass is 513 g/mol. The lowest BCUT2D eigenvalue weighted by Gasteiger charge is -2.11. The van der Waals surface area contributed by atoms with Crippen LogP contribution in [-0.4, -0.2) is 15.7 Å². The summed E-state index contributed by atoms with van der Waals surface area (Å²) >= 11 is 18.5. The summed E-state index contributed by atoms with van der Waals surface area (Å²) in [5, 5.41) is 8.58. The van der Waals surface area contributed by atoms with Crippen molar-refractivity contribution in [3.63, 3.8) is 0 Å². The Morgan fingerprint density at radius 3 is 2.62 bits per heavy atom. The van der Waals surface area contributed by atoms with Gasteiger partial charge in [0.15, 0.2) is 5.82 Å². The second kappa shape index (κ2) is 10.5. The minimum Gasteiger partial charge on any atom is -0.489 e. The number of anilines is 1. The Balaban J connectivity index is 1.43. The summed E-state index contributed by atoms with van der Waals surface area (Å²) in [6.45, 7) is 4.76. The average Bonchev–Trinajstić information content (AvgIpc) is 3.15. The Morgan fingerprint density at radius 1 is 1.00 bits per heavy atom. The van der Waals surface area contributed by atoms with Gasteiger partial charge in [-0.25, -0.2) is 0 Å². The van der Waals surface area contributed by atoms with Crippen LogP contribution in [-0.2, 0) is 13.2 Å². The van der Waals surface area contributed by atoms with Crippen molar-refractivity contribution in [2.75, 3.05) is 5.32 Å². The number of carbonyl (C=O) groups is 1. The standard InChI is InChI=1S/C26H22Cl3N3O2/c1-16-6-7-17(2)24(10-16)34-15-18-4-3-5-19(11-18)26(33)30-25-23(29)14-32(31-25)13-20-8-9-21(27)12-22(20)28/h3-12,14H,13,15H2,1-2H3,(H,30,31,33). The molecule has 4 rings (SSSR count). The fourth-order valence-electron chi connectivity index (χ4n) is 3.39. The number of rotatable bonds is 7. The molecule has 1 N–H and O–H groups in total. The maximum absolute atomic E-state index is 12.9. The summed E-state index contributed by atoms with van der Waals surface area (Å²) in [5.74, 6) is 0.784. The quantitative estimate of drug-likeness (QED) is 0.281. The van der Waals surface area contributed by atoms with Crippen molar-refractivity contribution < 1.29 is 9.53 Å². The molecule has 0 aliphatic rings. The summed E-state index contributed by atoms with van der Waals surface area (Å²) in [7, 11) is 0. The first-order valence-electron chi connectivity index (χ1n) is 10.6. The minimum atomic E-state index is -0.315. The van der Waals surface area contributed by atoms with E-state index < -0.39 is 0 Å². The molecule has 34 heavy (non-hydrogen) atoms. The van der Waals surface area contributed by atoms with Crippen LogP contribution >= 0.6 is 34.8 Å². The maximum atomic E-state index is 12.9. The van der Waals surface area contributed by atoms with Gasteiger partial charge in [-0.15, -0.1) is 0 Å². The van der Waals surface area contributed by atoms with Gasteiger partial charge in [-0.05, 0) is 66.4 Å². The molecule has 0 spiro atoms. The lowest BCUT2D eigenvalue weighted by molar-refractivity contribution is 0.102. The summed E-state index contributed by atoms with van der Waals surface area (Å²) in [6, 6.07) is 18.6. The number of amides is 1. The first-order valence-corrected chi connectivity index (χ1v) is 11.7. The van der Waals surface area contributed by atoms with E-state index in [-0.39, 0.29) is 11.7 Å². The number of aryl methyl sites for hydroxylation is 2. The number of aromatic nitrogens is 2. The van der Waals surface area contributed by atoms with Gasteiger partial charge in [-0.1, -0.05) is 65.1 Å². The smallest absolute Gasteiger partial charge is 0.256 e. The lowest BCUT2D eigenvalue weighted by atomic mass is 10.1. The highest BCUT2D eigenvalue weighted by molar-refractivity contribution is 6.35. The zero-order valence-electron chi connectivity index (χ0n) is 18.6. The predicted octanol–water partition coefficient (Wildman–Crippen LogP) is 7.34. The first-order chi connectivity index (χ1) is 16.3. The number of halogens is 3. The van der Waals surface area contributed by atoms with Crippen LogP contribution in [0.2, 0.25) is 15.1 Å². The average molecular weight is 515 g/mol. The van der Waals surface area contributed by atoms with Gasteiger partial charge in [0.25, 0.3) is 5.91 Å². The number of nitrogens with one attached hydrogen (secondary N) is 1. The van der Waals surface area contributed by atoms with Crippen LogP contribution in [0.1, 0.15) is 32.6 Å². The summed E-state index contributed by atoms with van der Waals surface area (Å²) < 4.78 is 7.58. The van der Waals surface area contributed by atoms with E-state index in [2.05, 4.69) is 10.4 Å². The molecule has 0 saturated heterocycles. The van der Waals surface area contributed by atoms with Gasteiger partial charge in [-0.3, -0.25) is 9.48 Å². The minimum absolute atomic E-state index is 0.272. The molecule has 0 aliphatic carbocycles. The van der Waals surface area contributed by atoms with Crippen molar-refractivity contribution >= 4 is 46.5 Å². The van der Waals surface area contributed by atoms with E-state index in [0.717, 1.165) is 28.0 Å². The van der Waals surface area contributed by atoms with Crippen molar-refractivity contribution in [3.8, 4) is 5.75 Å². The van der Waals surface area contributed by atoms with Crippen LogP contribution in [0, 0.1) is 13.8 Å². The summed E-state index contributed by atoms with van der Waals surface area (Å²) in [5.41, 5.74) is 4.38. The zero-order valence-corrected chi connectivity index (χ0v) is 20.9. The highest BCUT2D eigenvalue weighted by Gasteiger charge is 2.14. The predicted molar refractivity (Wildman–Crippen MR) is 137 cm³/mol. The molecule has 3 aromatic carbocycles. The van der Waals surface area contributed by atoms with Crippen LogP contribution in [0.4, 0.5) is 5.82 Å². The molecular formula is C26H22Cl3N3O2. The molecular weight excluding hydrogens is 493 g/mol. The van der Waals surface area contributed by atoms with Gasteiger partial charge in [0, 0.05) is 21.8 Å². The van der Waals surface area contributed by atoms with E-state index in [1.165, 1.54) is 0 Å². The molecule has 0 saturated carbocycles. The number of ether oxygens (including phenoxy) is 1. The third-order valence-electron chi connectivity index (χ3n) is 5.22. The van der Waals surface area contributed by atoms with Crippen LogP contribution in [0.5, 0.6) is 5.75 Å².